The summed E-state index contributed by atoms with van der Waals surface area (Å²) in [6, 6.07) is 17.5. The summed E-state index contributed by atoms with van der Waals surface area (Å²) in [6.45, 7) is 0.573. The van der Waals surface area contributed by atoms with E-state index in [2.05, 4.69) is 0 Å². The fraction of sp³-hybridized carbons (Fsp3) is 0.278. The Morgan fingerprint density at radius 3 is 2.33 bits per heavy atom. The van der Waals surface area contributed by atoms with Crippen LogP contribution in [0.2, 0.25) is 0 Å². The van der Waals surface area contributed by atoms with Gasteiger partial charge in [0.2, 0.25) is 0 Å². The molecule has 0 bridgehead atoms. The van der Waals surface area contributed by atoms with Gasteiger partial charge in [0, 0.05) is 13.1 Å². The summed E-state index contributed by atoms with van der Waals surface area (Å²) in [5.74, 6) is 0.433. The highest BCUT2D eigenvalue weighted by molar-refractivity contribution is 7.92. The van der Waals surface area contributed by atoms with E-state index in [1.165, 1.54) is 0 Å². The number of ether oxygens (including phenoxy) is 1. The largest absolute Gasteiger partial charge is 0.484 e. The Kier molecular flexibility index (Phi) is 4.85. The number of para-hydroxylation sites is 1. The smallest absolute Gasteiger partial charge is 0.260 e. The zero-order chi connectivity index (χ0) is 17.0. The number of rotatable bonds is 5. The Bertz CT molecular complexity index is 790. The van der Waals surface area contributed by atoms with Crippen molar-refractivity contribution in [3.05, 3.63) is 60.7 Å². The highest BCUT2D eigenvalue weighted by Gasteiger charge is 2.36. The monoisotopic (exact) mass is 345 g/mol. The van der Waals surface area contributed by atoms with E-state index in [1.807, 2.05) is 18.2 Å². The lowest BCUT2D eigenvalue weighted by Crippen LogP contribution is -2.35. The number of hydrogen-bond donors (Lipinski definition) is 0. The van der Waals surface area contributed by atoms with Crippen molar-refractivity contribution in [1.29, 1.82) is 0 Å². The standard InChI is InChI=1S/C18H19NO4S/c20-18(14-23-15-7-3-1-4-8-15)19-12-11-17(13-19)24(21,22)16-9-5-2-6-10-16/h1-10,17H,11-14H2/t17-/m0/s1. The molecular formula is C18H19NO4S. The SMILES string of the molecule is O=C(COc1ccccc1)N1CC[C@H](S(=O)(=O)c2ccccc2)C1. The van der Waals surface area contributed by atoms with Crippen molar-refractivity contribution in [2.24, 2.45) is 0 Å². The average molecular weight is 345 g/mol. The number of sulfone groups is 1. The molecule has 0 aromatic heterocycles. The highest BCUT2D eigenvalue weighted by atomic mass is 32.2. The van der Waals surface area contributed by atoms with Gasteiger partial charge in [0.05, 0.1) is 10.1 Å². The van der Waals surface area contributed by atoms with E-state index in [1.54, 1.807) is 47.4 Å². The molecule has 6 heteroatoms. The van der Waals surface area contributed by atoms with Crippen LogP contribution in [0.25, 0.3) is 0 Å². The second kappa shape index (κ2) is 7.05. The lowest BCUT2D eigenvalue weighted by atomic mass is 10.3. The maximum Gasteiger partial charge on any atom is 0.260 e. The van der Waals surface area contributed by atoms with Gasteiger partial charge in [-0.2, -0.15) is 0 Å². The summed E-state index contributed by atoms with van der Waals surface area (Å²) >= 11 is 0. The minimum atomic E-state index is -3.41. The van der Waals surface area contributed by atoms with Crippen LogP contribution in [0.5, 0.6) is 5.75 Å². The van der Waals surface area contributed by atoms with E-state index in [-0.39, 0.29) is 19.1 Å². The molecule has 0 N–H and O–H groups in total. The van der Waals surface area contributed by atoms with Gasteiger partial charge in [-0.3, -0.25) is 4.79 Å². The molecule has 2 aromatic carbocycles. The lowest BCUT2D eigenvalue weighted by Gasteiger charge is -2.17. The first kappa shape index (κ1) is 16.5. The molecule has 1 fully saturated rings. The van der Waals surface area contributed by atoms with Crippen LogP contribution in [0, 0.1) is 0 Å². The van der Waals surface area contributed by atoms with Crippen LogP contribution in [0.1, 0.15) is 6.42 Å². The van der Waals surface area contributed by atoms with Crippen LogP contribution < -0.4 is 4.74 Å². The molecule has 5 nitrogen and oxygen atoms in total. The maximum atomic E-state index is 12.6. The van der Waals surface area contributed by atoms with Crippen LogP contribution in [0.15, 0.2) is 65.6 Å². The Balaban J connectivity index is 1.60. The van der Waals surface area contributed by atoms with Gasteiger partial charge in [-0.1, -0.05) is 36.4 Å². The van der Waals surface area contributed by atoms with E-state index in [4.69, 9.17) is 4.74 Å². The first-order chi connectivity index (χ1) is 11.6. The summed E-state index contributed by atoms with van der Waals surface area (Å²) in [6.07, 6.45) is 0.453. The van der Waals surface area contributed by atoms with Crippen molar-refractivity contribution < 1.29 is 17.9 Å². The first-order valence-electron chi connectivity index (χ1n) is 7.82. The van der Waals surface area contributed by atoms with Crippen molar-refractivity contribution in [2.45, 2.75) is 16.6 Å². The molecule has 1 aliphatic heterocycles. The number of nitrogens with zero attached hydrogens (tertiary/aromatic N) is 1. The molecule has 1 heterocycles. The van der Waals surface area contributed by atoms with Crippen molar-refractivity contribution in [2.75, 3.05) is 19.7 Å². The molecule has 0 spiro atoms. The molecule has 126 valence electrons. The Hall–Kier alpha value is -2.34. The van der Waals surface area contributed by atoms with Crippen LogP contribution in [-0.4, -0.2) is 44.2 Å². The fourth-order valence-corrected chi connectivity index (χ4v) is 4.48. The molecule has 1 atom stereocenters. The molecule has 3 rings (SSSR count). The second-order valence-electron chi connectivity index (χ2n) is 5.71. The molecule has 0 unspecified atom stereocenters. The van der Waals surface area contributed by atoms with Gasteiger partial charge in [-0.05, 0) is 30.7 Å². The van der Waals surface area contributed by atoms with E-state index in [9.17, 15) is 13.2 Å². The minimum absolute atomic E-state index is 0.0812. The van der Waals surface area contributed by atoms with Gasteiger partial charge < -0.3 is 9.64 Å². The molecule has 2 aromatic rings. The molecule has 1 amide bonds. The third-order valence-corrected chi connectivity index (χ3v) is 6.31. The van der Waals surface area contributed by atoms with Crippen molar-refractivity contribution >= 4 is 15.7 Å². The Labute approximate surface area is 141 Å². The molecule has 24 heavy (non-hydrogen) atoms. The van der Waals surface area contributed by atoms with Gasteiger partial charge in [-0.25, -0.2) is 8.42 Å². The molecule has 0 radical (unpaired) electrons. The number of carbonyl (C=O) groups is 1. The normalized spacial score (nSPS) is 17.7. The van der Waals surface area contributed by atoms with E-state index in [0.29, 0.717) is 23.6 Å². The highest BCUT2D eigenvalue weighted by Crippen LogP contribution is 2.24. The number of benzene rings is 2. The topological polar surface area (TPSA) is 63.7 Å². The maximum absolute atomic E-state index is 12.6. The predicted molar refractivity (Wildman–Crippen MR) is 90.5 cm³/mol. The molecular weight excluding hydrogens is 326 g/mol. The van der Waals surface area contributed by atoms with Gasteiger partial charge in [-0.15, -0.1) is 0 Å². The van der Waals surface area contributed by atoms with Crippen LogP contribution in [-0.2, 0) is 14.6 Å². The Morgan fingerprint density at radius 2 is 1.67 bits per heavy atom. The lowest BCUT2D eigenvalue weighted by molar-refractivity contribution is -0.132. The Morgan fingerprint density at radius 1 is 1.04 bits per heavy atom. The third kappa shape index (κ3) is 3.59. The fourth-order valence-electron chi connectivity index (χ4n) is 2.76. The van der Waals surface area contributed by atoms with Gasteiger partial charge in [0.15, 0.2) is 16.4 Å². The first-order valence-corrected chi connectivity index (χ1v) is 9.36. The van der Waals surface area contributed by atoms with E-state index < -0.39 is 15.1 Å². The van der Waals surface area contributed by atoms with Gasteiger partial charge in [0.25, 0.3) is 5.91 Å². The molecule has 0 aliphatic carbocycles. The van der Waals surface area contributed by atoms with Crippen LogP contribution in [0.4, 0.5) is 0 Å². The summed E-state index contributed by atoms with van der Waals surface area (Å²) in [4.78, 5) is 14.1. The number of amides is 1. The van der Waals surface area contributed by atoms with E-state index >= 15 is 0 Å². The van der Waals surface area contributed by atoms with Crippen molar-refractivity contribution in [3.8, 4) is 5.75 Å². The predicted octanol–water partition coefficient (Wildman–Crippen LogP) is 2.14. The zero-order valence-corrected chi connectivity index (χ0v) is 14.0. The molecule has 1 saturated heterocycles. The second-order valence-corrected chi connectivity index (χ2v) is 7.94. The van der Waals surface area contributed by atoms with Crippen LogP contribution in [0.3, 0.4) is 0 Å². The average Bonchev–Trinajstić information content (AvgIpc) is 3.12. The third-order valence-electron chi connectivity index (χ3n) is 4.11. The van der Waals surface area contributed by atoms with Crippen molar-refractivity contribution in [3.63, 3.8) is 0 Å². The van der Waals surface area contributed by atoms with Gasteiger partial charge in [0.1, 0.15) is 5.75 Å². The minimum Gasteiger partial charge on any atom is -0.484 e. The summed E-state index contributed by atoms with van der Waals surface area (Å²) in [5, 5.41) is -0.555. The molecule has 0 saturated carbocycles. The summed E-state index contributed by atoms with van der Waals surface area (Å²) < 4.78 is 30.7. The summed E-state index contributed by atoms with van der Waals surface area (Å²) in [7, 11) is -3.41. The van der Waals surface area contributed by atoms with Crippen molar-refractivity contribution in [1.82, 2.24) is 4.90 Å². The quantitative estimate of drug-likeness (QED) is 0.833. The molecule has 1 aliphatic rings. The summed E-state index contributed by atoms with van der Waals surface area (Å²) in [5.41, 5.74) is 0. The van der Waals surface area contributed by atoms with Crippen LogP contribution >= 0.6 is 0 Å². The number of likely N-dealkylation sites (tertiary alicyclic amines) is 1. The number of carbonyl (C=O) groups excluding carboxylic acids is 1. The number of hydrogen-bond acceptors (Lipinski definition) is 4. The van der Waals surface area contributed by atoms with E-state index in [0.717, 1.165) is 0 Å². The van der Waals surface area contributed by atoms with Gasteiger partial charge >= 0.3 is 0 Å². The zero-order valence-electron chi connectivity index (χ0n) is 13.2.